The van der Waals surface area contributed by atoms with Crippen LogP contribution in [-0.4, -0.2) is 15.6 Å². The molecule has 0 saturated carbocycles. The van der Waals surface area contributed by atoms with Crippen molar-refractivity contribution in [3.63, 3.8) is 0 Å². The number of carbonyl (C=O) groups is 1. The zero-order valence-electron chi connectivity index (χ0n) is 6.45. The Balaban J connectivity index is 2.45. The zero-order chi connectivity index (χ0) is 8.27. The summed E-state index contributed by atoms with van der Waals surface area (Å²) in [5.41, 5.74) is 1.16. The molecule has 60 valence electrons. The summed E-state index contributed by atoms with van der Waals surface area (Å²) in [5, 5.41) is 8.37. The summed E-state index contributed by atoms with van der Waals surface area (Å²) in [6.45, 7) is 2.54. The van der Waals surface area contributed by atoms with E-state index >= 15 is 0 Å². The van der Waals surface area contributed by atoms with Gasteiger partial charge in [-0.05, 0) is 18.6 Å². The van der Waals surface area contributed by atoms with Crippen molar-refractivity contribution in [2.45, 2.75) is 19.9 Å². The molecule has 1 rings (SSSR count). The highest BCUT2D eigenvalue weighted by Gasteiger charge is 1.96. The maximum Gasteiger partial charge on any atom is 0.305 e. The van der Waals surface area contributed by atoms with Crippen LogP contribution in [0, 0.1) is 6.92 Å². The van der Waals surface area contributed by atoms with Crippen molar-refractivity contribution in [3.05, 3.63) is 24.0 Å². The molecule has 1 aromatic rings. The molecular weight excluding hydrogens is 142 g/mol. The third kappa shape index (κ3) is 2.45. The third-order valence-electron chi connectivity index (χ3n) is 1.48. The molecule has 0 aliphatic heterocycles. The average Bonchev–Trinajstić information content (AvgIpc) is 2.31. The summed E-state index contributed by atoms with van der Waals surface area (Å²) in [7, 11) is 0. The van der Waals surface area contributed by atoms with Crippen LogP contribution in [0.1, 0.15) is 12.0 Å². The highest BCUT2D eigenvalue weighted by molar-refractivity contribution is 5.66. The molecule has 0 aromatic carbocycles. The smallest absolute Gasteiger partial charge is 0.305 e. The van der Waals surface area contributed by atoms with E-state index in [1.165, 1.54) is 0 Å². The number of hydrogen-bond acceptors (Lipinski definition) is 1. The van der Waals surface area contributed by atoms with Crippen LogP contribution in [0.3, 0.4) is 0 Å². The molecular formula is C8H11NO2. The minimum atomic E-state index is -0.753. The van der Waals surface area contributed by atoms with Crippen LogP contribution in [0.4, 0.5) is 0 Å². The Morgan fingerprint density at radius 2 is 2.45 bits per heavy atom. The van der Waals surface area contributed by atoms with E-state index in [4.69, 9.17) is 5.11 Å². The van der Waals surface area contributed by atoms with Gasteiger partial charge in [-0.25, -0.2) is 0 Å². The van der Waals surface area contributed by atoms with Crippen LogP contribution in [-0.2, 0) is 11.3 Å². The summed E-state index contributed by atoms with van der Waals surface area (Å²) < 4.78 is 1.88. The number of carboxylic acids is 1. The van der Waals surface area contributed by atoms with Crippen LogP contribution >= 0.6 is 0 Å². The van der Waals surface area contributed by atoms with Gasteiger partial charge in [0.2, 0.25) is 0 Å². The van der Waals surface area contributed by atoms with Gasteiger partial charge in [0.15, 0.2) is 0 Å². The molecule has 0 saturated heterocycles. The first-order chi connectivity index (χ1) is 5.18. The van der Waals surface area contributed by atoms with Crippen molar-refractivity contribution in [2.75, 3.05) is 0 Å². The molecule has 0 amide bonds. The van der Waals surface area contributed by atoms with Crippen LogP contribution in [0.15, 0.2) is 18.5 Å². The van der Waals surface area contributed by atoms with Gasteiger partial charge in [0.25, 0.3) is 0 Å². The van der Waals surface area contributed by atoms with Crippen LogP contribution in [0.25, 0.3) is 0 Å². The number of aryl methyl sites for hydroxylation is 2. The van der Waals surface area contributed by atoms with Crippen molar-refractivity contribution >= 4 is 5.97 Å². The molecule has 3 heteroatoms. The Morgan fingerprint density at radius 1 is 1.73 bits per heavy atom. The lowest BCUT2D eigenvalue weighted by Crippen LogP contribution is -2.02. The molecule has 1 heterocycles. The van der Waals surface area contributed by atoms with Gasteiger partial charge in [0, 0.05) is 18.9 Å². The minimum absolute atomic E-state index is 0.189. The first-order valence-electron chi connectivity index (χ1n) is 3.52. The monoisotopic (exact) mass is 153 g/mol. The Hall–Kier alpha value is -1.25. The van der Waals surface area contributed by atoms with Crippen molar-refractivity contribution in [1.82, 2.24) is 4.57 Å². The van der Waals surface area contributed by atoms with Gasteiger partial charge in [-0.2, -0.15) is 0 Å². The normalized spacial score (nSPS) is 9.91. The van der Waals surface area contributed by atoms with Crippen LogP contribution < -0.4 is 0 Å². The summed E-state index contributed by atoms with van der Waals surface area (Å²) in [6.07, 6.45) is 4.01. The van der Waals surface area contributed by atoms with E-state index in [-0.39, 0.29) is 6.42 Å². The molecule has 0 atom stereocenters. The molecule has 0 bridgehead atoms. The lowest BCUT2D eigenvalue weighted by molar-refractivity contribution is -0.137. The lowest BCUT2D eigenvalue weighted by Gasteiger charge is -1.97. The van der Waals surface area contributed by atoms with Gasteiger partial charge in [-0.3, -0.25) is 4.79 Å². The number of aromatic nitrogens is 1. The van der Waals surface area contributed by atoms with E-state index in [0.29, 0.717) is 6.54 Å². The van der Waals surface area contributed by atoms with Gasteiger partial charge < -0.3 is 9.67 Å². The van der Waals surface area contributed by atoms with Crippen molar-refractivity contribution in [2.24, 2.45) is 0 Å². The fourth-order valence-corrected chi connectivity index (χ4v) is 0.925. The van der Waals surface area contributed by atoms with Gasteiger partial charge in [0.05, 0.1) is 6.42 Å². The predicted molar refractivity (Wildman–Crippen MR) is 41.4 cm³/mol. The fraction of sp³-hybridized carbons (Fsp3) is 0.375. The van der Waals surface area contributed by atoms with E-state index in [0.717, 1.165) is 5.56 Å². The Morgan fingerprint density at radius 3 is 2.91 bits per heavy atom. The van der Waals surface area contributed by atoms with Crippen LogP contribution in [0.5, 0.6) is 0 Å². The largest absolute Gasteiger partial charge is 0.481 e. The zero-order valence-corrected chi connectivity index (χ0v) is 6.45. The first kappa shape index (κ1) is 7.85. The number of aliphatic carboxylic acids is 1. The second-order valence-corrected chi connectivity index (χ2v) is 2.57. The Bertz CT molecular complexity index is 252. The fourth-order valence-electron chi connectivity index (χ4n) is 0.925. The highest BCUT2D eigenvalue weighted by Crippen LogP contribution is 1.99. The summed E-state index contributed by atoms with van der Waals surface area (Å²) in [6, 6.07) is 1.96. The van der Waals surface area contributed by atoms with E-state index < -0.39 is 5.97 Å². The highest BCUT2D eigenvalue weighted by atomic mass is 16.4. The Labute approximate surface area is 65.3 Å². The third-order valence-corrected chi connectivity index (χ3v) is 1.48. The molecule has 0 aliphatic carbocycles. The van der Waals surface area contributed by atoms with E-state index in [2.05, 4.69) is 0 Å². The predicted octanol–water partition coefficient (Wildman–Crippen LogP) is 1.27. The first-order valence-corrected chi connectivity index (χ1v) is 3.52. The minimum Gasteiger partial charge on any atom is -0.481 e. The van der Waals surface area contributed by atoms with Gasteiger partial charge in [-0.15, -0.1) is 0 Å². The van der Waals surface area contributed by atoms with Gasteiger partial charge >= 0.3 is 5.97 Å². The van der Waals surface area contributed by atoms with Crippen LogP contribution in [0.2, 0.25) is 0 Å². The second kappa shape index (κ2) is 3.23. The van der Waals surface area contributed by atoms with E-state index in [1.54, 1.807) is 0 Å². The standard InChI is InChI=1S/C8H11NO2/c1-7-2-4-9(6-7)5-3-8(10)11/h2,4,6H,3,5H2,1H3,(H,10,11). The molecule has 0 aliphatic rings. The maximum atomic E-state index is 10.2. The number of hydrogen-bond donors (Lipinski definition) is 1. The average molecular weight is 153 g/mol. The molecule has 0 fully saturated rings. The number of carboxylic acid groups (broad SMARTS) is 1. The SMILES string of the molecule is Cc1ccn(CCC(=O)O)c1. The maximum absolute atomic E-state index is 10.2. The molecule has 0 unspecified atom stereocenters. The molecule has 0 radical (unpaired) electrons. The lowest BCUT2D eigenvalue weighted by atomic mass is 10.4. The second-order valence-electron chi connectivity index (χ2n) is 2.57. The van der Waals surface area contributed by atoms with Crippen molar-refractivity contribution in [3.8, 4) is 0 Å². The molecule has 1 N–H and O–H groups in total. The summed E-state index contributed by atoms with van der Waals surface area (Å²) in [4.78, 5) is 10.2. The van der Waals surface area contributed by atoms with E-state index in [1.807, 2.05) is 30.0 Å². The number of rotatable bonds is 3. The molecule has 1 aromatic heterocycles. The Kier molecular flexibility index (Phi) is 2.31. The van der Waals surface area contributed by atoms with E-state index in [9.17, 15) is 4.79 Å². The molecule has 0 spiro atoms. The van der Waals surface area contributed by atoms with Gasteiger partial charge in [-0.1, -0.05) is 0 Å². The molecule has 11 heavy (non-hydrogen) atoms. The topological polar surface area (TPSA) is 42.2 Å². The van der Waals surface area contributed by atoms with Crippen molar-refractivity contribution in [1.29, 1.82) is 0 Å². The van der Waals surface area contributed by atoms with Gasteiger partial charge in [0.1, 0.15) is 0 Å². The summed E-state index contributed by atoms with van der Waals surface area (Å²) >= 11 is 0. The summed E-state index contributed by atoms with van der Waals surface area (Å²) in [5.74, 6) is -0.753. The quantitative estimate of drug-likeness (QED) is 0.710. The molecule has 3 nitrogen and oxygen atoms in total. The number of nitrogens with zero attached hydrogens (tertiary/aromatic N) is 1. The van der Waals surface area contributed by atoms with Crippen molar-refractivity contribution < 1.29 is 9.90 Å².